The largest absolute Gasteiger partial charge is 0.274 e. The molecule has 1 unspecified atom stereocenters. The molecule has 3 rings (SSSR count). The Labute approximate surface area is 148 Å². The molecule has 1 atom stereocenters. The van der Waals surface area contributed by atoms with Crippen LogP contribution in [-0.2, 0) is 16.0 Å². The van der Waals surface area contributed by atoms with Gasteiger partial charge in [-0.15, -0.1) is 0 Å². The Balaban J connectivity index is 1.82. The van der Waals surface area contributed by atoms with E-state index in [2.05, 4.69) is 0 Å². The lowest BCUT2D eigenvalue weighted by Crippen LogP contribution is -2.30. The molecule has 0 saturated carbocycles. The molecule has 1 heterocycles. The van der Waals surface area contributed by atoms with Crippen LogP contribution in [0.2, 0.25) is 15.1 Å². The van der Waals surface area contributed by atoms with E-state index in [1.807, 2.05) is 12.1 Å². The van der Waals surface area contributed by atoms with Gasteiger partial charge in [0.05, 0.1) is 21.7 Å². The van der Waals surface area contributed by atoms with Gasteiger partial charge in [0.2, 0.25) is 11.8 Å². The van der Waals surface area contributed by atoms with E-state index >= 15 is 0 Å². The first-order chi connectivity index (χ1) is 11.0. The number of hydrogen-bond acceptors (Lipinski definition) is 2. The highest BCUT2D eigenvalue weighted by Gasteiger charge is 2.39. The van der Waals surface area contributed by atoms with Crippen LogP contribution < -0.4 is 4.90 Å². The fourth-order valence-electron chi connectivity index (χ4n) is 2.65. The summed E-state index contributed by atoms with van der Waals surface area (Å²) in [5, 5.41) is 1.33. The maximum Gasteiger partial charge on any atom is 0.237 e. The number of rotatable bonds is 3. The fraction of sp³-hybridized carbons (Fsp3) is 0.176. The van der Waals surface area contributed by atoms with E-state index in [-0.39, 0.29) is 24.2 Å². The van der Waals surface area contributed by atoms with Crippen molar-refractivity contribution in [2.24, 2.45) is 5.92 Å². The molecule has 1 aliphatic heterocycles. The molecule has 0 aliphatic carbocycles. The van der Waals surface area contributed by atoms with Gasteiger partial charge in [-0.2, -0.15) is 0 Å². The lowest BCUT2D eigenvalue weighted by atomic mass is 9.98. The molecule has 2 aromatic carbocycles. The van der Waals surface area contributed by atoms with Crippen LogP contribution in [0.25, 0.3) is 0 Å². The van der Waals surface area contributed by atoms with E-state index in [0.29, 0.717) is 27.2 Å². The molecule has 3 nitrogen and oxygen atoms in total. The third kappa shape index (κ3) is 3.37. The average Bonchev–Trinajstić information content (AvgIpc) is 2.79. The summed E-state index contributed by atoms with van der Waals surface area (Å²) in [7, 11) is 0. The number of halogens is 3. The summed E-state index contributed by atoms with van der Waals surface area (Å²) in [4.78, 5) is 26.0. The Morgan fingerprint density at radius 3 is 2.30 bits per heavy atom. The maximum atomic E-state index is 12.6. The molecule has 118 valence electrons. The van der Waals surface area contributed by atoms with Crippen molar-refractivity contribution in [1.29, 1.82) is 0 Å². The fourth-order valence-corrected chi connectivity index (χ4v) is 3.07. The molecule has 1 fully saturated rings. The zero-order valence-electron chi connectivity index (χ0n) is 11.9. The summed E-state index contributed by atoms with van der Waals surface area (Å²) < 4.78 is 0. The summed E-state index contributed by atoms with van der Waals surface area (Å²) in [6.07, 6.45) is 0.682. The Bertz CT molecular complexity index is 774. The van der Waals surface area contributed by atoms with Gasteiger partial charge >= 0.3 is 0 Å². The Morgan fingerprint density at radius 2 is 1.65 bits per heavy atom. The van der Waals surface area contributed by atoms with Gasteiger partial charge in [0, 0.05) is 11.4 Å². The summed E-state index contributed by atoms with van der Waals surface area (Å²) in [6, 6.07) is 12.0. The third-order valence-electron chi connectivity index (χ3n) is 3.80. The lowest BCUT2D eigenvalue weighted by molar-refractivity contribution is -0.122. The van der Waals surface area contributed by atoms with E-state index in [9.17, 15) is 9.59 Å². The molecular weight excluding hydrogens is 357 g/mol. The molecular formula is C17H12Cl3NO2. The Kier molecular flexibility index (Phi) is 4.62. The topological polar surface area (TPSA) is 37.4 Å². The summed E-state index contributed by atoms with van der Waals surface area (Å²) in [5.74, 6) is -0.825. The monoisotopic (exact) mass is 367 g/mol. The number of carbonyl (C=O) groups excluding carboxylic acids is 2. The van der Waals surface area contributed by atoms with E-state index in [1.165, 1.54) is 11.0 Å². The molecule has 1 saturated heterocycles. The maximum absolute atomic E-state index is 12.6. The molecule has 23 heavy (non-hydrogen) atoms. The quantitative estimate of drug-likeness (QED) is 0.732. The predicted molar refractivity (Wildman–Crippen MR) is 92.2 cm³/mol. The number of imide groups is 1. The lowest BCUT2D eigenvalue weighted by Gasteiger charge is -2.15. The van der Waals surface area contributed by atoms with Gasteiger partial charge in [-0.25, -0.2) is 0 Å². The Morgan fingerprint density at radius 1 is 0.957 bits per heavy atom. The summed E-state index contributed by atoms with van der Waals surface area (Å²) in [6.45, 7) is 0. The normalized spacial score (nSPS) is 17.9. The molecule has 0 N–H and O–H groups in total. The van der Waals surface area contributed by atoms with Crippen molar-refractivity contribution in [1.82, 2.24) is 0 Å². The molecule has 0 bridgehead atoms. The second kappa shape index (κ2) is 6.52. The minimum Gasteiger partial charge on any atom is -0.274 e. The number of hydrogen-bond donors (Lipinski definition) is 0. The van der Waals surface area contributed by atoms with Gasteiger partial charge < -0.3 is 0 Å². The van der Waals surface area contributed by atoms with Crippen molar-refractivity contribution in [2.45, 2.75) is 12.8 Å². The van der Waals surface area contributed by atoms with Gasteiger partial charge in [-0.1, -0.05) is 46.9 Å². The van der Waals surface area contributed by atoms with Gasteiger partial charge in [0.15, 0.2) is 0 Å². The smallest absolute Gasteiger partial charge is 0.237 e. The van der Waals surface area contributed by atoms with Crippen molar-refractivity contribution in [3.8, 4) is 0 Å². The van der Waals surface area contributed by atoms with E-state index in [4.69, 9.17) is 34.8 Å². The average molecular weight is 369 g/mol. The second-order valence-corrected chi connectivity index (χ2v) is 6.65. The molecule has 0 aromatic heterocycles. The van der Waals surface area contributed by atoms with Crippen LogP contribution in [0.4, 0.5) is 5.69 Å². The van der Waals surface area contributed by atoms with E-state index in [0.717, 1.165) is 5.56 Å². The number of anilines is 1. The SMILES string of the molecule is O=C1CC(Cc2ccc(Cl)cc2)C(=O)N1c1ccc(Cl)c(Cl)c1. The summed E-state index contributed by atoms with van der Waals surface area (Å²) >= 11 is 17.7. The third-order valence-corrected chi connectivity index (χ3v) is 4.79. The van der Waals surface area contributed by atoms with Crippen LogP contribution in [0.3, 0.4) is 0 Å². The van der Waals surface area contributed by atoms with Gasteiger partial charge in [0.25, 0.3) is 0 Å². The molecule has 2 aromatic rings. The molecule has 2 amide bonds. The first kappa shape index (κ1) is 16.3. The molecule has 6 heteroatoms. The highest BCUT2D eigenvalue weighted by atomic mass is 35.5. The predicted octanol–water partition coefficient (Wildman–Crippen LogP) is 4.77. The van der Waals surface area contributed by atoms with Gasteiger partial charge in [-0.05, 0) is 42.3 Å². The van der Waals surface area contributed by atoms with Crippen LogP contribution in [0.5, 0.6) is 0 Å². The standard InChI is InChI=1S/C17H12Cl3NO2/c18-12-3-1-10(2-4-12)7-11-8-16(22)21(17(11)23)13-5-6-14(19)15(20)9-13/h1-6,9,11H,7-8H2. The van der Waals surface area contributed by atoms with Crippen molar-refractivity contribution < 1.29 is 9.59 Å². The number of benzene rings is 2. The van der Waals surface area contributed by atoms with Crippen LogP contribution in [0, 0.1) is 5.92 Å². The van der Waals surface area contributed by atoms with Crippen molar-refractivity contribution in [3.05, 3.63) is 63.1 Å². The highest BCUT2D eigenvalue weighted by Crippen LogP contribution is 2.32. The minimum atomic E-state index is -0.377. The van der Waals surface area contributed by atoms with E-state index < -0.39 is 0 Å². The van der Waals surface area contributed by atoms with Crippen LogP contribution in [-0.4, -0.2) is 11.8 Å². The minimum absolute atomic E-state index is 0.182. The van der Waals surface area contributed by atoms with Crippen LogP contribution in [0.1, 0.15) is 12.0 Å². The zero-order chi connectivity index (χ0) is 16.6. The Hall–Kier alpha value is -1.55. The van der Waals surface area contributed by atoms with E-state index in [1.54, 1.807) is 24.3 Å². The number of nitrogens with zero attached hydrogens (tertiary/aromatic N) is 1. The summed E-state index contributed by atoms with van der Waals surface area (Å²) in [5.41, 5.74) is 1.42. The highest BCUT2D eigenvalue weighted by molar-refractivity contribution is 6.42. The first-order valence-corrected chi connectivity index (χ1v) is 8.15. The van der Waals surface area contributed by atoms with Gasteiger partial charge in [-0.3, -0.25) is 14.5 Å². The zero-order valence-corrected chi connectivity index (χ0v) is 14.2. The van der Waals surface area contributed by atoms with Crippen LogP contribution >= 0.6 is 34.8 Å². The molecule has 1 aliphatic rings. The van der Waals surface area contributed by atoms with Crippen molar-refractivity contribution in [3.63, 3.8) is 0 Å². The van der Waals surface area contributed by atoms with Crippen LogP contribution in [0.15, 0.2) is 42.5 Å². The number of carbonyl (C=O) groups is 2. The van der Waals surface area contributed by atoms with Crippen molar-refractivity contribution >= 4 is 52.3 Å². The number of amides is 2. The molecule has 0 spiro atoms. The first-order valence-electron chi connectivity index (χ1n) is 7.02. The molecule has 0 radical (unpaired) electrons. The van der Waals surface area contributed by atoms with Crippen molar-refractivity contribution in [2.75, 3.05) is 4.90 Å². The second-order valence-electron chi connectivity index (χ2n) is 5.40. The van der Waals surface area contributed by atoms with Gasteiger partial charge in [0.1, 0.15) is 0 Å².